The van der Waals surface area contributed by atoms with Gasteiger partial charge in [-0.3, -0.25) is 14.5 Å². The first-order chi connectivity index (χ1) is 13.4. The lowest BCUT2D eigenvalue weighted by Crippen LogP contribution is -2.29. The van der Waals surface area contributed by atoms with E-state index in [2.05, 4.69) is 5.32 Å². The van der Waals surface area contributed by atoms with E-state index in [1.54, 1.807) is 36.4 Å². The van der Waals surface area contributed by atoms with Crippen LogP contribution in [0.3, 0.4) is 0 Å². The van der Waals surface area contributed by atoms with Gasteiger partial charge in [-0.25, -0.2) is 4.39 Å². The normalized spacial score (nSPS) is 15.3. The summed E-state index contributed by atoms with van der Waals surface area (Å²) in [5.74, 6) is -0.820. The molecule has 0 spiro atoms. The number of aromatic hydroxyl groups is 1. The summed E-state index contributed by atoms with van der Waals surface area (Å²) in [7, 11) is 0. The molecule has 144 valence electrons. The van der Waals surface area contributed by atoms with Crippen LogP contribution in [0.4, 0.5) is 10.1 Å². The van der Waals surface area contributed by atoms with Gasteiger partial charge in [-0.2, -0.15) is 0 Å². The van der Waals surface area contributed by atoms with Crippen LogP contribution in [0.2, 0.25) is 0 Å². The maximum absolute atomic E-state index is 13.0. The molecule has 28 heavy (non-hydrogen) atoms. The maximum Gasteiger partial charge on any atom is 0.266 e. The first-order valence-corrected chi connectivity index (χ1v) is 9.75. The highest BCUT2D eigenvalue weighted by atomic mass is 32.2. The molecule has 5 nitrogen and oxygen atoms in total. The monoisotopic (exact) mass is 416 g/mol. The van der Waals surface area contributed by atoms with Crippen molar-refractivity contribution in [3.8, 4) is 5.75 Å². The number of anilines is 1. The van der Waals surface area contributed by atoms with Crippen LogP contribution in [-0.2, 0) is 9.59 Å². The van der Waals surface area contributed by atoms with Gasteiger partial charge in [-0.15, -0.1) is 0 Å². The molecule has 2 aromatic rings. The standard InChI is InChI=1S/C20H17FN2O3S2/c21-14-9-7-13(8-10-14)12-17-19(26)23(20(27)28-17)11-3-6-18(25)22-15-4-1-2-5-16(15)24/h1-2,4-5,7-10,12,24H,3,6,11H2,(H,22,25)/b17-12-. The minimum atomic E-state index is -0.341. The number of para-hydroxylation sites is 2. The van der Waals surface area contributed by atoms with Crippen molar-refractivity contribution in [2.45, 2.75) is 12.8 Å². The highest BCUT2D eigenvalue weighted by Crippen LogP contribution is 2.32. The zero-order valence-electron chi connectivity index (χ0n) is 14.7. The van der Waals surface area contributed by atoms with Gasteiger partial charge in [0.25, 0.3) is 5.91 Å². The zero-order chi connectivity index (χ0) is 20.1. The molecular formula is C20H17FN2O3S2. The molecule has 0 unspecified atom stereocenters. The van der Waals surface area contributed by atoms with E-state index in [-0.39, 0.29) is 29.8 Å². The van der Waals surface area contributed by atoms with Crippen LogP contribution >= 0.6 is 24.0 Å². The number of carbonyl (C=O) groups excluding carboxylic acids is 2. The summed E-state index contributed by atoms with van der Waals surface area (Å²) in [6.45, 7) is 0.319. The molecule has 3 rings (SSSR count). The largest absolute Gasteiger partial charge is 0.506 e. The van der Waals surface area contributed by atoms with Crippen LogP contribution in [0.1, 0.15) is 18.4 Å². The molecule has 0 bridgehead atoms. The Labute approximate surface area is 171 Å². The van der Waals surface area contributed by atoms with E-state index < -0.39 is 0 Å². The summed E-state index contributed by atoms with van der Waals surface area (Å²) in [4.78, 5) is 26.5. The molecule has 1 heterocycles. The SMILES string of the molecule is O=C(CCCN1C(=O)/C(=C/c2ccc(F)cc2)SC1=S)Nc1ccccc1O. The van der Waals surface area contributed by atoms with Gasteiger partial charge in [0, 0.05) is 13.0 Å². The van der Waals surface area contributed by atoms with E-state index in [9.17, 15) is 19.1 Å². The number of amides is 2. The summed E-state index contributed by atoms with van der Waals surface area (Å²) < 4.78 is 13.4. The number of carbonyl (C=O) groups is 2. The third-order valence-corrected chi connectivity index (χ3v) is 5.38. The molecule has 8 heteroatoms. The van der Waals surface area contributed by atoms with Crippen molar-refractivity contribution in [2.24, 2.45) is 0 Å². The fourth-order valence-corrected chi connectivity index (χ4v) is 3.90. The van der Waals surface area contributed by atoms with E-state index in [1.807, 2.05) is 0 Å². The molecule has 0 atom stereocenters. The maximum atomic E-state index is 13.0. The number of phenolic OH excluding ortho intramolecular Hbond substituents is 1. The second kappa shape index (κ2) is 8.99. The quantitative estimate of drug-likeness (QED) is 0.421. The number of nitrogens with one attached hydrogen (secondary N) is 1. The van der Waals surface area contributed by atoms with E-state index in [0.717, 1.165) is 0 Å². The first kappa shape index (κ1) is 20.0. The molecule has 1 aliphatic rings. The van der Waals surface area contributed by atoms with Crippen LogP contribution in [0.5, 0.6) is 5.75 Å². The molecule has 2 N–H and O–H groups in total. The number of nitrogens with zero attached hydrogens (tertiary/aromatic N) is 1. The Balaban J connectivity index is 1.54. The average Bonchev–Trinajstić information content (AvgIpc) is 2.93. The Kier molecular flexibility index (Phi) is 6.43. The lowest BCUT2D eigenvalue weighted by molar-refractivity contribution is -0.122. The van der Waals surface area contributed by atoms with E-state index in [1.165, 1.54) is 34.9 Å². The Morgan fingerprint density at radius 2 is 1.93 bits per heavy atom. The van der Waals surface area contributed by atoms with Gasteiger partial charge >= 0.3 is 0 Å². The van der Waals surface area contributed by atoms with Gasteiger partial charge in [-0.05, 0) is 42.3 Å². The molecule has 2 aromatic carbocycles. The van der Waals surface area contributed by atoms with Crippen molar-refractivity contribution < 1.29 is 19.1 Å². The van der Waals surface area contributed by atoms with E-state index in [4.69, 9.17) is 12.2 Å². The number of halogens is 1. The second-order valence-corrected chi connectivity index (χ2v) is 7.73. The van der Waals surface area contributed by atoms with Crippen molar-refractivity contribution in [2.75, 3.05) is 11.9 Å². The summed E-state index contributed by atoms with van der Waals surface area (Å²) >= 11 is 6.45. The minimum Gasteiger partial charge on any atom is -0.506 e. The third kappa shape index (κ3) is 4.96. The van der Waals surface area contributed by atoms with E-state index >= 15 is 0 Å². The highest BCUT2D eigenvalue weighted by Gasteiger charge is 2.31. The molecule has 2 amide bonds. The number of thiocarbonyl (C=S) groups is 1. The van der Waals surface area contributed by atoms with Crippen molar-refractivity contribution in [1.82, 2.24) is 4.90 Å². The molecular weight excluding hydrogens is 399 g/mol. The second-order valence-electron chi connectivity index (χ2n) is 6.05. The lowest BCUT2D eigenvalue weighted by atomic mass is 10.2. The van der Waals surface area contributed by atoms with Crippen molar-refractivity contribution in [3.63, 3.8) is 0 Å². The fourth-order valence-electron chi connectivity index (χ4n) is 2.59. The molecule has 1 saturated heterocycles. The van der Waals surface area contributed by atoms with Gasteiger partial charge < -0.3 is 10.4 Å². The lowest BCUT2D eigenvalue weighted by Gasteiger charge is -2.14. The summed E-state index contributed by atoms with van der Waals surface area (Å²) in [6, 6.07) is 12.3. The molecule has 0 aromatic heterocycles. The zero-order valence-corrected chi connectivity index (χ0v) is 16.4. The Hall–Kier alpha value is -2.71. The predicted octanol–water partition coefficient (Wildman–Crippen LogP) is 4.15. The summed E-state index contributed by atoms with van der Waals surface area (Å²) in [5.41, 5.74) is 1.06. The van der Waals surface area contributed by atoms with Crippen LogP contribution < -0.4 is 5.32 Å². The Morgan fingerprint density at radius 1 is 1.21 bits per heavy atom. The number of rotatable bonds is 6. The smallest absolute Gasteiger partial charge is 0.266 e. The summed E-state index contributed by atoms with van der Waals surface area (Å²) in [5, 5.41) is 12.3. The van der Waals surface area contributed by atoms with Crippen molar-refractivity contribution in [3.05, 3.63) is 64.8 Å². The van der Waals surface area contributed by atoms with Crippen molar-refractivity contribution >= 4 is 51.9 Å². The fraction of sp³-hybridized carbons (Fsp3) is 0.150. The number of benzene rings is 2. The van der Waals surface area contributed by atoms with Crippen LogP contribution in [0.15, 0.2) is 53.4 Å². The molecule has 1 fully saturated rings. The number of thioether (sulfide) groups is 1. The number of hydrogen-bond donors (Lipinski definition) is 2. The molecule has 0 radical (unpaired) electrons. The highest BCUT2D eigenvalue weighted by molar-refractivity contribution is 8.26. The van der Waals surface area contributed by atoms with Crippen LogP contribution in [0.25, 0.3) is 6.08 Å². The first-order valence-electron chi connectivity index (χ1n) is 8.53. The molecule has 0 aliphatic carbocycles. The molecule has 0 saturated carbocycles. The van der Waals surface area contributed by atoms with E-state index in [0.29, 0.717) is 33.4 Å². The average molecular weight is 416 g/mol. The molecule has 1 aliphatic heterocycles. The van der Waals surface area contributed by atoms with Crippen LogP contribution in [0, 0.1) is 5.82 Å². The van der Waals surface area contributed by atoms with Gasteiger partial charge in [0.05, 0.1) is 10.6 Å². The van der Waals surface area contributed by atoms with Crippen molar-refractivity contribution in [1.29, 1.82) is 0 Å². The predicted molar refractivity (Wildman–Crippen MR) is 112 cm³/mol. The van der Waals surface area contributed by atoms with Gasteiger partial charge in [0.15, 0.2) is 0 Å². The third-order valence-electron chi connectivity index (χ3n) is 4.01. The number of phenols is 1. The van der Waals surface area contributed by atoms with Gasteiger partial charge in [0.2, 0.25) is 5.91 Å². The Morgan fingerprint density at radius 3 is 2.64 bits per heavy atom. The minimum absolute atomic E-state index is 0.00118. The number of hydrogen-bond acceptors (Lipinski definition) is 5. The van der Waals surface area contributed by atoms with Gasteiger partial charge in [0.1, 0.15) is 15.9 Å². The van der Waals surface area contributed by atoms with Crippen LogP contribution in [-0.4, -0.2) is 32.7 Å². The van der Waals surface area contributed by atoms with Gasteiger partial charge in [-0.1, -0.05) is 48.2 Å². The Bertz CT molecular complexity index is 945. The topological polar surface area (TPSA) is 69.6 Å². The summed E-state index contributed by atoms with van der Waals surface area (Å²) in [6.07, 6.45) is 2.28.